The first-order valence-electron chi connectivity index (χ1n) is 9.17. The van der Waals surface area contributed by atoms with Crippen molar-refractivity contribution >= 4 is 22.0 Å². The number of carbonyl (C=O) groups is 1. The average Bonchev–Trinajstić information content (AvgIpc) is 2.54. The summed E-state index contributed by atoms with van der Waals surface area (Å²) < 4.78 is 12.3. The van der Waals surface area contributed by atoms with Crippen LogP contribution in [0.25, 0.3) is 0 Å². The maximum absolute atomic E-state index is 12.1. The molecule has 0 saturated carbocycles. The molecule has 1 aliphatic rings. The summed E-state index contributed by atoms with van der Waals surface area (Å²) in [6.45, 7) is 10.1. The van der Waals surface area contributed by atoms with Crippen LogP contribution in [-0.4, -0.2) is 36.3 Å². The van der Waals surface area contributed by atoms with Gasteiger partial charge in [0, 0.05) is 13.1 Å². The van der Waals surface area contributed by atoms with E-state index in [4.69, 9.17) is 9.47 Å². The summed E-state index contributed by atoms with van der Waals surface area (Å²) in [5.74, 6) is 1.52. The van der Waals surface area contributed by atoms with E-state index in [0.717, 1.165) is 55.6 Å². The topological polar surface area (TPSA) is 38.8 Å². The van der Waals surface area contributed by atoms with E-state index in [2.05, 4.69) is 41.1 Å². The lowest BCUT2D eigenvalue weighted by molar-refractivity contribution is 0.0184. The Hall–Kier alpha value is -1.23. The summed E-state index contributed by atoms with van der Waals surface area (Å²) in [6.07, 6.45) is 3.86. The Morgan fingerprint density at radius 1 is 1.28 bits per heavy atom. The quantitative estimate of drug-likeness (QED) is 0.648. The molecule has 0 atom stereocenters. The first kappa shape index (κ1) is 20.1. The van der Waals surface area contributed by atoms with E-state index in [1.165, 1.54) is 5.56 Å². The number of amides is 1. The molecule has 0 bridgehead atoms. The van der Waals surface area contributed by atoms with Crippen LogP contribution in [0.1, 0.15) is 52.5 Å². The number of likely N-dealkylation sites (tertiary alicyclic amines) is 1. The van der Waals surface area contributed by atoms with Crippen LogP contribution >= 0.6 is 15.9 Å². The minimum atomic E-state index is -0.430. The molecule has 1 heterocycles. The van der Waals surface area contributed by atoms with Crippen LogP contribution in [0, 0.1) is 5.92 Å². The van der Waals surface area contributed by atoms with Crippen molar-refractivity contribution in [3.05, 3.63) is 28.2 Å². The van der Waals surface area contributed by atoms with E-state index in [1.807, 2.05) is 25.7 Å². The zero-order valence-corrected chi connectivity index (χ0v) is 17.4. The van der Waals surface area contributed by atoms with Crippen LogP contribution in [0.2, 0.25) is 0 Å². The van der Waals surface area contributed by atoms with Gasteiger partial charge < -0.3 is 14.4 Å². The van der Waals surface area contributed by atoms with Crippen molar-refractivity contribution in [2.45, 2.75) is 59.0 Å². The summed E-state index contributed by atoms with van der Waals surface area (Å²) >= 11 is 3.55. The minimum Gasteiger partial charge on any atom is -0.492 e. The number of hydrogen-bond acceptors (Lipinski definition) is 3. The molecule has 0 aliphatic carbocycles. The van der Waals surface area contributed by atoms with Gasteiger partial charge in [0.15, 0.2) is 0 Å². The lowest BCUT2D eigenvalue weighted by atomic mass is 9.90. The Balaban J connectivity index is 1.86. The Morgan fingerprint density at radius 3 is 2.56 bits per heavy atom. The van der Waals surface area contributed by atoms with Gasteiger partial charge in [0.2, 0.25) is 0 Å². The van der Waals surface area contributed by atoms with E-state index in [9.17, 15) is 4.79 Å². The van der Waals surface area contributed by atoms with E-state index < -0.39 is 5.60 Å². The van der Waals surface area contributed by atoms with Crippen LogP contribution in [0.5, 0.6) is 5.75 Å². The van der Waals surface area contributed by atoms with Gasteiger partial charge in [-0.15, -0.1) is 0 Å². The Bertz CT molecular complexity index is 575. The third kappa shape index (κ3) is 6.53. The van der Waals surface area contributed by atoms with Crippen molar-refractivity contribution in [2.24, 2.45) is 5.92 Å². The lowest BCUT2D eigenvalue weighted by Gasteiger charge is -2.33. The van der Waals surface area contributed by atoms with Crippen molar-refractivity contribution in [1.29, 1.82) is 0 Å². The summed E-state index contributed by atoms with van der Waals surface area (Å²) in [5, 5.41) is 0. The molecule has 1 aromatic carbocycles. The van der Waals surface area contributed by atoms with E-state index in [0.29, 0.717) is 5.92 Å². The van der Waals surface area contributed by atoms with Crippen LogP contribution in [0.15, 0.2) is 22.7 Å². The molecular weight excluding hydrogens is 382 g/mol. The predicted molar refractivity (Wildman–Crippen MR) is 104 cm³/mol. The monoisotopic (exact) mass is 411 g/mol. The highest BCUT2D eigenvalue weighted by molar-refractivity contribution is 9.10. The molecule has 1 amide bonds. The fraction of sp³-hybridized carbons (Fsp3) is 0.650. The molecule has 1 aromatic rings. The number of carbonyl (C=O) groups excluding carboxylic acids is 1. The zero-order chi connectivity index (χ0) is 18.4. The molecule has 25 heavy (non-hydrogen) atoms. The smallest absolute Gasteiger partial charge is 0.410 e. The van der Waals surface area contributed by atoms with Crippen LogP contribution in [0.3, 0.4) is 0 Å². The molecule has 1 saturated heterocycles. The summed E-state index contributed by atoms with van der Waals surface area (Å²) in [7, 11) is 0. The number of nitrogens with zero attached hydrogens (tertiary/aromatic N) is 1. The molecule has 0 N–H and O–H groups in total. The second-order valence-electron chi connectivity index (χ2n) is 7.73. The van der Waals surface area contributed by atoms with Crippen molar-refractivity contribution in [3.8, 4) is 5.75 Å². The van der Waals surface area contributed by atoms with Gasteiger partial charge in [0.1, 0.15) is 11.4 Å². The van der Waals surface area contributed by atoms with Gasteiger partial charge in [0.05, 0.1) is 11.1 Å². The van der Waals surface area contributed by atoms with Crippen molar-refractivity contribution in [2.75, 3.05) is 19.7 Å². The highest BCUT2D eigenvalue weighted by Gasteiger charge is 2.26. The third-order valence-corrected chi connectivity index (χ3v) is 4.90. The molecule has 0 aromatic heterocycles. The lowest BCUT2D eigenvalue weighted by Crippen LogP contribution is -2.42. The Labute approximate surface area is 160 Å². The first-order chi connectivity index (χ1) is 11.8. The average molecular weight is 412 g/mol. The summed E-state index contributed by atoms with van der Waals surface area (Å²) in [4.78, 5) is 14.0. The number of piperidine rings is 1. The number of ether oxygens (including phenoxy) is 2. The molecule has 5 heteroatoms. The minimum absolute atomic E-state index is 0.190. The first-order valence-corrected chi connectivity index (χ1v) is 9.97. The van der Waals surface area contributed by atoms with Crippen LogP contribution in [0.4, 0.5) is 4.79 Å². The number of hydrogen-bond donors (Lipinski definition) is 0. The molecule has 0 spiro atoms. The zero-order valence-electron chi connectivity index (χ0n) is 15.8. The van der Waals surface area contributed by atoms with E-state index in [-0.39, 0.29) is 6.09 Å². The Morgan fingerprint density at radius 2 is 1.96 bits per heavy atom. The van der Waals surface area contributed by atoms with Gasteiger partial charge in [-0.25, -0.2) is 4.79 Å². The molecule has 0 unspecified atom stereocenters. The third-order valence-electron chi connectivity index (χ3n) is 4.25. The standard InChI is InChI=1S/C20H30BrNO3/c1-5-12-24-18-14-16(6-7-17(18)21)13-15-8-10-22(11-9-15)19(23)25-20(2,3)4/h6-7,14-15H,5,8-13H2,1-4H3. The summed E-state index contributed by atoms with van der Waals surface area (Å²) in [5.41, 5.74) is 0.866. The van der Waals surface area contributed by atoms with Gasteiger partial charge in [-0.3, -0.25) is 0 Å². The fourth-order valence-electron chi connectivity index (χ4n) is 2.98. The van der Waals surface area contributed by atoms with Gasteiger partial charge >= 0.3 is 6.09 Å². The SMILES string of the molecule is CCCOc1cc(CC2CCN(C(=O)OC(C)(C)C)CC2)ccc1Br. The molecular formula is C20H30BrNO3. The normalized spacial score (nSPS) is 16.0. The molecule has 1 aliphatic heterocycles. The highest BCUT2D eigenvalue weighted by atomic mass is 79.9. The van der Waals surface area contributed by atoms with Crippen molar-refractivity contribution in [3.63, 3.8) is 0 Å². The number of benzene rings is 1. The molecule has 4 nitrogen and oxygen atoms in total. The van der Waals surface area contributed by atoms with Crippen LogP contribution < -0.4 is 4.74 Å². The van der Waals surface area contributed by atoms with E-state index in [1.54, 1.807) is 0 Å². The number of halogens is 1. The molecule has 1 fully saturated rings. The van der Waals surface area contributed by atoms with Gasteiger partial charge in [-0.1, -0.05) is 13.0 Å². The summed E-state index contributed by atoms with van der Waals surface area (Å²) in [6, 6.07) is 6.36. The fourth-order valence-corrected chi connectivity index (χ4v) is 3.34. The molecule has 0 radical (unpaired) electrons. The predicted octanol–water partition coefficient (Wildman–Crippen LogP) is 5.43. The number of rotatable bonds is 5. The second-order valence-corrected chi connectivity index (χ2v) is 8.58. The van der Waals surface area contributed by atoms with E-state index >= 15 is 0 Å². The van der Waals surface area contributed by atoms with Gasteiger partial charge in [-0.05, 0) is 86.0 Å². The largest absolute Gasteiger partial charge is 0.492 e. The molecule has 140 valence electrons. The maximum atomic E-state index is 12.1. The molecule has 2 rings (SSSR count). The highest BCUT2D eigenvalue weighted by Crippen LogP contribution is 2.29. The van der Waals surface area contributed by atoms with Crippen molar-refractivity contribution in [1.82, 2.24) is 4.90 Å². The van der Waals surface area contributed by atoms with Gasteiger partial charge in [0.25, 0.3) is 0 Å². The van der Waals surface area contributed by atoms with Crippen molar-refractivity contribution < 1.29 is 14.3 Å². The van der Waals surface area contributed by atoms with Gasteiger partial charge in [-0.2, -0.15) is 0 Å². The maximum Gasteiger partial charge on any atom is 0.410 e. The Kier molecular flexibility index (Phi) is 7.17. The van der Waals surface area contributed by atoms with Crippen LogP contribution in [-0.2, 0) is 11.2 Å². The second kappa shape index (κ2) is 8.93.